The number of fused-ring (bicyclic) bond motifs is 1. The van der Waals surface area contributed by atoms with Crippen LogP contribution in [0.1, 0.15) is 29.1 Å². The Hall–Kier alpha value is -2.86. The first-order valence-electron chi connectivity index (χ1n) is 8.27. The highest BCUT2D eigenvalue weighted by Crippen LogP contribution is 2.36. The van der Waals surface area contributed by atoms with Crippen LogP contribution < -0.4 is 14.8 Å². The molecular formula is C20H18N2O3S. The summed E-state index contributed by atoms with van der Waals surface area (Å²) >= 11 is 1.38. The number of thiazole rings is 1. The molecule has 0 bridgehead atoms. The first kappa shape index (κ1) is 16.6. The average molecular weight is 366 g/mol. The van der Waals surface area contributed by atoms with E-state index in [1.165, 1.54) is 11.3 Å². The van der Waals surface area contributed by atoms with Crippen molar-refractivity contribution in [2.75, 3.05) is 6.79 Å². The van der Waals surface area contributed by atoms with E-state index in [0.717, 1.165) is 21.9 Å². The van der Waals surface area contributed by atoms with Crippen LogP contribution in [0.15, 0.2) is 54.7 Å². The van der Waals surface area contributed by atoms with Crippen LogP contribution in [-0.2, 0) is 5.54 Å². The first-order valence-corrected chi connectivity index (χ1v) is 9.08. The zero-order valence-corrected chi connectivity index (χ0v) is 15.3. The number of carbonyl (C=O) groups excluding carboxylic acids is 1. The Morgan fingerprint density at radius 1 is 1.12 bits per heavy atom. The maximum atomic E-state index is 12.7. The maximum Gasteiger partial charge on any atom is 0.263 e. The molecule has 2 aromatic carbocycles. The summed E-state index contributed by atoms with van der Waals surface area (Å²) in [5.74, 6) is 1.28. The van der Waals surface area contributed by atoms with Crippen molar-refractivity contribution in [2.45, 2.75) is 19.4 Å². The average Bonchev–Trinajstić information content (AvgIpc) is 3.31. The van der Waals surface area contributed by atoms with Gasteiger partial charge in [0.25, 0.3) is 5.91 Å². The Balaban J connectivity index is 1.53. The summed E-state index contributed by atoms with van der Waals surface area (Å²) in [6.45, 7) is 4.15. The Labute approximate surface area is 155 Å². The fourth-order valence-corrected chi connectivity index (χ4v) is 3.61. The summed E-state index contributed by atoms with van der Waals surface area (Å²) in [5.41, 5.74) is 1.39. The molecule has 0 unspecified atom stereocenters. The Morgan fingerprint density at radius 3 is 2.69 bits per heavy atom. The van der Waals surface area contributed by atoms with E-state index in [1.807, 2.05) is 62.4 Å². The summed E-state index contributed by atoms with van der Waals surface area (Å²) in [4.78, 5) is 17.7. The molecule has 0 saturated carbocycles. The maximum absolute atomic E-state index is 12.7. The van der Waals surface area contributed by atoms with Crippen LogP contribution >= 0.6 is 11.3 Å². The second kappa shape index (κ2) is 6.46. The summed E-state index contributed by atoms with van der Waals surface area (Å²) in [5, 5.41) is 3.91. The molecule has 26 heavy (non-hydrogen) atoms. The number of aromatic nitrogens is 1. The van der Waals surface area contributed by atoms with Crippen molar-refractivity contribution in [3.8, 4) is 22.1 Å². The third-order valence-corrected chi connectivity index (χ3v) is 5.32. The lowest BCUT2D eigenvalue weighted by Crippen LogP contribution is -2.40. The third kappa shape index (κ3) is 3.15. The minimum Gasteiger partial charge on any atom is -0.454 e. The number of amides is 1. The van der Waals surface area contributed by atoms with Gasteiger partial charge in [-0.2, -0.15) is 0 Å². The van der Waals surface area contributed by atoms with Crippen LogP contribution in [0.4, 0.5) is 0 Å². The second-order valence-electron chi connectivity index (χ2n) is 6.54. The highest BCUT2D eigenvalue weighted by Gasteiger charge is 2.27. The minimum atomic E-state index is -0.561. The molecule has 6 heteroatoms. The second-order valence-corrected chi connectivity index (χ2v) is 7.57. The van der Waals surface area contributed by atoms with Gasteiger partial charge >= 0.3 is 0 Å². The Bertz CT molecular complexity index is 951. The van der Waals surface area contributed by atoms with E-state index in [1.54, 1.807) is 6.20 Å². The van der Waals surface area contributed by atoms with Crippen molar-refractivity contribution in [2.24, 2.45) is 0 Å². The molecule has 1 N–H and O–H groups in total. The molecule has 0 saturated heterocycles. The number of hydrogen-bond donors (Lipinski definition) is 1. The highest BCUT2D eigenvalue weighted by atomic mass is 32.1. The fourth-order valence-electron chi connectivity index (χ4n) is 2.80. The summed E-state index contributed by atoms with van der Waals surface area (Å²) in [6, 6.07) is 15.6. The largest absolute Gasteiger partial charge is 0.454 e. The molecular weight excluding hydrogens is 348 g/mol. The molecule has 0 radical (unpaired) electrons. The smallest absolute Gasteiger partial charge is 0.263 e. The minimum absolute atomic E-state index is 0.146. The fraction of sp³-hybridized carbons (Fsp3) is 0.200. The molecule has 0 fully saturated rings. The van der Waals surface area contributed by atoms with Crippen molar-refractivity contribution in [1.29, 1.82) is 0 Å². The van der Waals surface area contributed by atoms with E-state index in [-0.39, 0.29) is 12.7 Å². The van der Waals surface area contributed by atoms with Gasteiger partial charge in [-0.1, -0.05) is 36.4 Å². The first-order chi connectivity index (χ1) is 12.5. The van der Waals surface area contributed by atoms with Crippen molar-refractivity contribution >= 4 is 17.2 Å². The van der Waals surface area contributed by atoms with E-state index in [2.05, 4.69) is 10.3 Å². The van der Waals surface area contributed by atoms with Gasteiger partial charge in [0, 0.05) is 5.56 Å². The molecule has 1 aliphatic heterocycles. The van der Waals surface area contributed by atoms with Crippen LogP contribution in [0.5, 0.6) is 11.5 Å². The van der Waals surface area contributed by atoms with Crippen LogP contribution in [0.2, 0.25) is 0 Å². The van der Waals surface area contributed by atoms with Gasteiger partial charge in [0.2, 0.25) is 6.79 Å². The van der Waals surface area contributed by atoms with Gasteiger partial charge in [-0.25, -0.2) is 4.98 Å². The van der Waals surface area contributed by atoms with Crippen molar-refractivity contribution in [3.63, 3.8) is 0 Å². The molecule has 3 aromatic rings. The monoisotopic (exact) mass is 366 g/mol. The van der Waals surface area contributed by atoms with E-state index in [9.17, 15) is 4.79 Å². The molecule has 1 amide bonds. The summed E-state index contributed by atoms with van der Waals surface area (Å²) in [6.07, 6.45) is 1.62. The lowest BCUT2D eigenvalue weighted by atomic mass is 9.93. The zero-order chi connectivity index (χ0) is 18.1. The normalized spacial score (nSPS) is 12.8. The number of nitrogens with zero attached hydrogens (tertiary/aromatic N) is 1. The predicted octanol–water partition coefficient (Wildman–Crippen LogP) is 4.20. The SMILES string of the molecule is CC(C)(NC(=O)c1cnc(-c2ccccc2)s1)c1ccc2c(c1)OCO2. The molecule has 0 aliphatic carbocycles. The number of ether oxygens (including phenoxy) is 2. The lowest BCUT2D eigenvalue weighted by molar-refractivity contribution is 0.0916. The number of benzene rings is 2. The van der Waals surface area contributed by atoms with E-state index < -0.39 is 5.54 Å². The van der Waals surface area contributed by atoms with Crippen molar-refractivity contribution in [1.82, 2.24) is 10.3 Å². The molecule has 1 aliphatic rings. The van der Waals surface area contributed by atoms with E-state index in [4.69, 9.17) is 9.47 Å². The predicted molar refractivity (Wildman–Crippen MR) is 101 cm³/mol. The van der Waals surface area contributed by atoms with Gasteiger partial charge in [-0.05, 0) is 31.5 Å². The van der Waals surface area contributed by atoms with Gasteiger partial charge in [-0.15, -0.1) is 11.3 Å². The highest BCUT2D eigenvalue weighted by molar-refractivity contribution is 7.16. The molecule has 4 rings (SSSR count). The van der Waals surface area contributed by atoms with Crippen LogP contribution in [0.25, 0.3) is 10.6 Å². The van der Waals surface area contributed by atoms with Crippen molar-refractivity contribution < 1.29 is 14.3 Å². The van der Waals surface area contributed by atoms with E-state index in [0.29, 0.717) is 10.6 Å². The number of nitrogens with one attached hydrogen (secondary N) is 1. The molecule has 1 aromatic heterocycles. The number of hydrogen-bond acceptors (Lipinski definition) is 5. The number of rotatable bonds is 4. The Kier molecular flexibility index (Phi) is 4.12. The Morgan fingerprint density at radius 2 is 1.88 bits per heavy atom. The van der Waals surface area contributed by atoms with Crippen LogP contribution in [-0.4, -0.2) is 17.7 Å². The quantitative estimate of drug-likeness (QED) is 0.752. The molecule has 132 valence electrons. The van der Waals surface area contributed by atoms with Gasteiger partial charge in [-0.3, -0.25) is 4.79 Å². The van der Waals surface area contributed by atoms with Gasteiger partial charge in [0.05, 0.1) is 11.7 Å². The van der Waals surface area contributed by atoms with Gasteiger partial charge in [0.15, 0.2) is 11.5 Å². The zero-order valence-electron chi connectivity index (χ0n) is 14.5. The molecule has 0 spiro atoms. The standard InChI is InChI=1S/C20H18N2O3S/c1-20(2,14-8-9-15-16(10-14)25-12-24-15)22-18(23)17-11-21-19(26-17)13-6-4-3-5-7-13/h3-11H,12H2,1-2H3,(H,22,23). The van der Waals surface area contributed by atoms with Crippen molar-refractivity contribution in [3.05, 3.63) is 65.2 Å². The van der Waals surface area contributed by atoms with Gasteiger partial charge in [0.1, 0.15) is 9.88 Å². The molecule has 5 nitrogen and oxygen atoms in total. The van der Waals surface area contributed by atoms with E-state index >= 15 is 0 Å². The third-order valence-electron chi connectivity index (χ3n) is 4.27. The van der Waals surface area contributed by atoms with Crippen LogP contribution in [0, 0.1) is 0 Å². The molecule has 0 atom stereocenters. The molecule has 2 heterocycles. The topological polar surface area (TPSA) is 60.5 Å². The lowest BCUT2D eigenvalue weighted by Gasteiger charge is -2.26. The summed E-state index contributed by atoms with van der Waals surface area (Å²) in [7, 11) is 0. The number of carbonyl (C=O) groups is 1. The van der Waals surface area contributed by atoms with Gasteiger partial charge < -0.3 is 14.8 Å². The van der Waals surface area contributed by atoms with Crippen LogP contribution in [0.3, 0.4) is 0 Å². The summed E-state index contributed by atoms with van der Waals surface area (Å²) < 4.78 is 10.8.